The van der Waals surface area contributed by atoms with Gasteiger partial charge in [-0.25, -0.2) is 0 Å². The number of hydrogen-bond acceptors (Lipinski definition) is 8. The van der Waals surface area contributed by atoms with E-state index >= 15 is 0 Å². The molecule has 2 heterocycles. The van der Waals surface area contributed by atoms with Crippen LogP contribution in [0, 0.1) is 0 Å². The second-order valence-corrected chi connectivity index (χ2v) is 10.2. The zero-order chi connectivity index (χ0) is 28.2. The van der Waals surface area contributed by atoms with E-state index in [1.54, 1.807) is 17.0 Å². The molecule has 5 atom stereocenters. The van der Waals surface area contributed by atoms with Crippen LogP contribution in [0.3, 0.4) is 0 Å². The van der Waals surface area contributed by atoms with Crippen molar-refractivity contribution in [2.75, 3.05) is 33.4 Å². The number of nitrogens with zero attached hydrogens (tertiary/aromatic N) is 1. The first-order valence-electron chi connectivity index (χ1n) is 13.5. The van der Waals surface area contributed by atoms with Gasteiger partial charge in [-0.3, -0.25) is 14.4 Å². The van der Waals surface area contributed by atoms with Gasteiger partial charge in [-0.1, -0.05) is 30.3 Å². The molecule has 0 bridgehead atoms. The van der Waals surface area contributed by atoms with Gasteiger partial charge in [-0.15, -0.1) is 0 Å². The number of ether oxygens (including phenoxy) is 3. The van der Waals surface area contributed by atoms with Crippen molar-refractivity contribution in [3.8, 4) is 11.5 Å². The van der Waals surface area contributed by atoms with Crippen LogP contribution in [-0.4, -0.2) is 91.0 Å². The van der Waals surface area contributed by atoms with Gasteiger partial charge < -0.3 is 34.6 Å². The fraction of sp³-hybridized carbons (Fsp3) is 0.433. The van der Waals surface area contributed by atoms with Gasteiger partial charge in [-0.2, -0.15) is 0 Å². The van der Waals surface area contributed by atoms with Gasteiger partial charge in [-0.05, 0) is 36.6 Å². The zero-order valence-corrected chi connectivity index (χ0v) is 22.3. The summed E-state index contributed by atoms with van der Waals surface area (Å²) in [4.78, 5) is 40.5. The second-order valence-electron chi connectivity index (χ2n) is 10.2. The first kappa shape index (κ1) is 27.8. The van der Waals surface area contributed by atoms with Crippen molar-refractivity contribution < 1.29 is 38.8 Å². The molecule has 1 aliphatic carbocycles. The molecular weight excluding hydrogens is 516 g/mol. The van der Waals surface area contributed by atoms with Crippen molar-refractivity contribution in [3.05, 3.63) is 70.8 Å². The Kier molecular flexibility index (Phi) is 8.49. The molecule has 0 aromatic heterocycles. The quantitative estimate of drug-likeness (QED) is 0.378. The highest BCUT2D eigenvalue weighted by Gasteiger charge is 2.51. The van der Waals surface area contributed by atoms with Gasteiger partial charge in [0.05, 0.1) is 38.2 Å². The lowest BCUT2D eigenvalue weighted by atomic mass is 9.77. The van der Waals surface area contributed by atoms with Crippen LogP contribution in [0.25, 0.3) is 0 Å². The molecule has 2 amide bonds. The molecule has 1 fully saturated rings. The fourth-order valence-electron chi connectivity index (χ4n) is 5.83. The van der Waals surface area contributed by atoms with Crippen molar-refractivity contribution in [1.82, 2.24) is 10.2 Å². The van der Waals surface area contributed by atoms with E-state index in [1.807, 2.05) is 30.3 Å². The van der Waals surface area contributed by atoms with Crippen LogP contribution in [0.5, 0.6) is 11.5 Å². The highest BCUT2D eigenvalue weighted by Crippen LogP contribution is 2.51. The lowest BCUT2D eigenvalue weighted by Gasteiger charge is -2.41. The molecule has 40 heavy (non-hydrogen) atoms. The van der Waals surface area contributed by atoms with Gasteiger partial charge in [0.1, 0.15) is 18.5 Å². The first-order valence-corrected chi connectivity index (χ1v) is 13.5. The number of nitrogens with one attached hydrogen (secondary N) is 1. The molecule has 3 N–H and O–H groups in total. The first-order chi connectivity index (χ1) is 19.4. The summed E-state index contributed by atoms with van der Waals surface area (Å²) in [5.41, 5.74) is 1.98. The third kappa shape index (κ3) is 5.47. The van der Waals surface area contributed by atoms with Crippen molar-refractivity contribution in [3.63, 3.8) is 0 Å². The van der Waals surface area contributed by atoms with Gasteiger partial charge >= 0.3 is 0 Å². The average Bonchev–Trinajstić information content (AvgIpc) is 3.63. The molecule has 3 aliphatic rings. The minimum absolute atomic E-state index is 0.0265. The van der Waals surface area contributed by atoms with Crippen LogP contribution in [-0.2, 0) is 20.7 Å². The maximum atomic E-state index is 13.8. The van der Waals surface area contributed by atoms with E-state index in [4.69, 9.17) is 14.2 Å². The minimum atomic E-state index is -1.20. The molecule has 0 spiro atoms. The van der Waals surface area contributed by atoms with Crippen molar-refractivity contribution >= 4 is 18.1 Å². The van der Waals surface area contributed by atoms with E-state index in [2.05, 4.69) is 5.32 Å². The highest BCUT2D eigenvalue weighted by atomic mass is 16.5. The van der Waals surface area contributed by atoms with Crippen LogP contribution in [0.15, 0.2) is 54.1 Å². The Bertz CT molecular complexity index is 1270. The number of methoxy groups -OCH3 is 1. The van der Waals surface area contributed by atoms with E-state index in [1.165, 1.54) is 13.2 Å². The summed E-state index contributed by atoms with van der Waals surface area (Å²) in [5.74, 6) is -0.746. The Labute approximate surface area is 232 Å². The van der Waals surface area contributed by atoms with Crippen LogP contribution in [0.4, 0.5) is 0 Å². The Morgan fingerprint density at radius 1 is 1.23 bits per heavy atom. The highest BCUT2D eigenvalue weighted by molar-refractivity contribution is 5.96. The van der Waals surface area contributed by atoms with E-state index < -0.39 is 30.1 Å². The number of benzene rings is 2. The Morgan fingerprint density at radius 2 is 2.02 bits per heavy atom. The SMILES string of the molecule is COc1cc(C=O)cc2c1O[C@@H]1[C@@H](O)[C@H](N(C[C@H]3CCCO3)C(=O)Cc3ccccc3)C=C(C(=O)NCCO)[C@H]21. The summed E-state index contributed by atoms with van der Waals surface area (Å²) in [7, 11) is 1.45. The number of aldehydes is 1. The number of hydrogen-bond donors (Lipinski definition) is 3. The van der Waals surface area contributed by atoms with Gasteiger partial charge in [0, 0.05) is 36.4 Å². The molecule has 0 radical (unpaired) electrons. The maximum absolute atomic E-state index is 13.8. The van der Waals surface area contributed by atoms with E-state index in [-0.39, 0.29) is 43.7 Å². The molecule has 10 nitrogen and oxygen atoms in total. The van der Waals surface area contributed by atoms with Crippen LogP contribution in [0.2, 0.25) is 0 Å². The van der Waals surface area contributed by atoms with Crippen molar-refractivity contribution in [2.45, 2.75) is 49.5 Å². The molecule has 212 valence electrons. The summed E-state index contributed by atoms with van der Waals surface area (Å²) in [5, 5.41) is 23.8. The molecule has 0 saturated carbocycles. The Balaban J connectivity index is 1.56. The largest absolute Gasteiger partial charge is 0.493 e. The van der Waals surface area contributed by atoms with Gasteiger partial charge in [0.25, 0.3) is 0 Å². The van der Waals surface area contributed by atoms with E-state index in [0.717, 1.165) is 18.4 Å². The van der Waals surface area contributed by atoms with E-state index in [0.29, 0.717) is 35.5 Å². The Morgan fingerprint density at radius 3 is 2.70 bits per heavy atom. The molecule has 2 aromatic carbocycles. The fourth-order valence-corrected chi connectivity index (χ4v) is 5.83. The number of aliphatic hydroxyl groups excluding tert-OH is 2. The van der Waals surface area contributed by atoms with Crippen LogP contribution >= 0.6 is 0 Å². The number of amides is 2. The summed E-state index contributed by atoms with van der Waals surface area (Å²) in [6, 6.07) is 11.6. The monoisotopic (exact) mass is 550 g/mol. The summed E-state index contributed by atoms with van der Waals surface area (Å²) < 4.78 is 17.6. The molecule has 2 aliphatic heterocycles. The lowest BCUT2D eigenvalue weighted by molar-refractivity contribution is -0.138. The average molecular weight is 551 g/mol. The minimum Gasteiger partial charge on any atom is -0.493 e. The Hall–Kier alpha value is -3.73. The zero-order valence-electron chi connectivity index (χ0n) is 22.3. The summed E-state index contributed by atoms with van der Waals surface area (Å²) >= 11 is 0. The van der Waals surface area contributed by atoms with Crippen molar-refractivity contribution in [1.29, 1.82) is 0 Å². The van der Waals surface area contributed by atoms with E-state index in [9.17, 15) is 24.6 Å². The standard InChI is InChI=1S/C30H34N2O8/c1-38-24-13-19(17-34)12-21-26-22(30(37)31-9-10-33)15-23(27(36)29(26)40-28(21)24)32(16-20-8-5-11-39-20)25(35)14-18-6-3-2-4-7-18/h2-4,6-7,12-13,15,17,20,23,26-27,29,33,36H,5,8-11,14,16H2,1H3,(H,31,37)/t20-,23-,26+,27+,29+/m1/s1. The molecule has 1 saturated heterocycles. The molecule has 5 rings (SSSR count). The number of carbonyl (C=O) groups is 3. The molecule has 10 heteroatoms. The number of aliphatic hydroxyl groups is 2. The molecular formula is C30H34N2O8. The number of fused-ring (bicyclic) bond motifs is 3. The third-order valence-electron chi connectivity index (χ3n) is 7.71. The van der Waals surface area contributed by atoms with Crippen LogP contribution in [0.1, 0.15) is 40.2 Å². The topological polar surface area (TPSA) is 135 Å². The lowest BCUT2D eigenvalue weighted by Crippen LogP contribution is -2.57. The van der Waals surface area contributed by atoms with Crippen LogP contribution < -0.4 is 14.8 Å². The number of rotatable bonds is 10. The van der Waals surface area contributed by atoms with Gasteiger partial charge in [0.2, 0.25) is 11.8 Å². The summed E-state index contributed by atoms with van der Waals surface area (Å²) in [6.07, 6.45) is 1.76. The normalized spacial score (nSPS) is 24.8. The number of carbonyl (C=O) groups excluding carboxylic acids is 3. The second kappa shape index (κ2) is 12.2. The summed E-state index contributed by atoms with van der Waals surface area (Å²) in [6.45, 7) is 0.623. The van der Waals surface area contributed by atoms with Crippen molar-refractivity contribution in [2.24, 2.45) is 0 Å². The third-order valence-corrected chi connectivity index (χ3v) is 7.71. The van der Waals surface area contributed by atoms with Gasteiger partial charge in [0.15, 0.2) is 11.5 Å². The predicted molar refractivity (Wildman–Crippen MR) is 144 cm³/mol. The molecule has 2 aromatic rings. The smallest absolute Gasteiger partial charge is 0.247 e. The predicted octanol–water partition coefficient (Wildman–Crippen LogP) is 1.38. The maximum Gasteiger partial charge on any atom is 0.247 e. The molecule has 0 unspecified atom stereocenters.